The van der Waals surface area contributed by atoms with E-state index in [1.807, 2.05) is 57.4 Å². The van der Waals surface area contributed by atoms with Crippen molar-refractivity contribution < 1.29 is 4.79 Å². The number of allylic oxidation sites excluding steroid dienone is 1. The van der Waals surface area contributed by atoms with E-state index in [0.717, 1.165) is 33.9 Å². The largest absolute Gasteiger partial charge is 0.378 e. The van der Waals surface area contributed by atoms with Gasteiger partial charge >= 0.3 is 0 Å². The fourth-order valence-corrected chi connectivity index (χ4v) is 4.48. The molecule has 0 aliphatic carbocycles. The Bertz CT molecular complexity index is 1390. The number of benzene rings is 3. The summed E-state index contributed by atoms with van der Waals surface area (Å²) < 4.78 is 2.10. The van der Waals surface area contributed by atoms with Crippen molar-refractivity contribution in [2.45, 2.75) is 13.0 Å². The number of anilines is 3. The quantitative estimate of drug-likeness (QED) is 0.413. The van der Waals surface area contributed by atoms with Gasteiger partial charge in [-0.3, -0.25) is 9.36 Å². The van der Waals surface area contributed by atoms with Gasteiger partial charge in [0.05, 0.1) is 22.6 Å². The van der Waals surface area contributed by atoms with Crippen LogP contribution in [0.25, 0.3) is 11.0 Å². The van der Waals surface area contributed by atoms with Gasteiger partial charge in [-0.15, -0.1) is 0 Å². The second-order valence-corrected chi connectivity index (χ2v) is 8.75. The van der Waals surface area contributed by atoms with Gasteiger partial charge in [0.15, 0.2) is 0 Å². The zero-order valence-electron chi connectivity index (χ0n) is 18.6. The number of hydrogen-bond donors (Lipinski definition) is 2. The van der Waals surface area contributed by atoms with Crippen molar-refractivity contribution in [2.75, 3.05) is 29.6 Å². The third-order valence-corrected chi connectivity index (χ3v) is 6.12. The van der Waals surface area contributed by atoms with Gasteiger partial charge in [0.1, 0.15) is 0 Å². The van der Waals surface area contributed by atoms with Crippen LogP contribution in [-0.4, -0.2) is 29.6 Å². The highest BCUT2D eigenvalue weighted by atomic mass is 35.5. The van der Waals surface area contributed by atoms with Crippen LogP contribution in [0.4, 0.5) is 17.3 Å². The highest BCUT2D eigenvalue weighted by Crippen LogP contribution is 2.40. The van der Waals surface area contributed by atoms with Crippen LogP contribution < -0.4 is 15.5 Å². The summed E-state index contributed by atoms with van der Waals surface area (Å²) in [6, 6.07) is 23.1. The second kappa shape index (κ2) is 8.30. The Morgan fingerprint density at radius 1 is 1.06 bits per heavy atom. The molecule has 3 aromatic carbocycles. The molecule has 166 valence electrons. The fourth-order valence-electron chi connectivity index (χ4n) is 4.29. The SMILES string of the molecule is CC1=C(C(=O)Nc2cccc(Cl)c2)C(c2ccc(N(C)C)cc2)n2c(nc3ccccc32)N1. The molecule has 1 unspecified atom stereocenters. The van der Waals surface area contributed by atoms with E-state index in [1.165, 1.54) is 0 Å². The summed E-state index contributed by atoms with van der Waals surface area (Å²) in [4.78, 5) is 20.5. The lowest BCUT2D eigenvalue weighted by Crippen LogP contribution is -2.31. The zero-order chi connectivity index (χ0) is 23.1. The second-order valence-electron chi connectivity index (χ2n) is 8.31. The number of nitrogens with zero attached hydrogens (tertiary/aromatic N) is 3. The minimum Gasteiger partial charge on any atom is -0.378 e. The maximum absolute atomic E-state index is 13.6. The van der Waals surface area contributed by atoms with Crippen molar-refractivity contribution in [1.29, 1.82) is 0 Å². The molecule has 1 amide bonds. The topological polar surface area (TPSA) is 62.2 Å². The van der Waals surface area contributed by atoms with Crippen molar-refractivity contribution in [3.63, 3.8) is 0 Å². The number of nitrogens with one attached hydrogen (secondary N) is 2. The molecule has 33 heavy (non-hydrogen) atoms. The van der Waals surface area contributed by atoms with E-state index >= 15 is 0 Å². The van der Waals surface area contributed by atoms with Gasteiger partial charge in [-0.2, -0.15) is 0 Å². The predicted molar refractivity (Wildman–Crippen MR) is 135 cm³/mol. The van der Waals surface area contributed by atoms with Gasteiger partial charge in [-0.05, 0) is 55.0 Å². The third-order valence-electron chi connectivity index (χ3n) is 5.88. The van der Waals surface area contributed by atoms with Crippen LogP contribution in [0.15, 0.2) is 84.1 Å². The zero-order valence-corrected chi connectivity index (χ0v) is 19.4. The number of carbonyl (C=O) groups excluding carboxylic acids is 1. The molecule has 5 rings (SSSR count). The van der Waals surface area contributed by atoms with Gasteiger partial charge in [0.25, 0.3) is 5.91 Å². The van der Waals surface area contributed by atoms with Crippen molar-refractivity contribution in [1.82, 2.24) is 9.55 Å². The molecular formula is C26H24ClN5O. The smallest absolute Gasteiger partial charge is 0.255 e. The lowest BCUT2D eigenvalue weighted by Gasteiger charge is -2.31. The van der Waals surface area contributed by atoms with Crippen LogP contribution in [0.1, 0.15) is 18.5 Å². The summed E-state index contributed by atoms with van der Waals surface area (Å²) in [5, 5.41) is 6.93. The number of hydrogen-bond acceptors (Lipinski definition) is 4. The first kappa shape index (κ1) is 21.1. The highest BCUT2D eigenvalue weighted by Gasteiger charge is 2.34. The Kier molecular flexibility index (Phi) is 5.30. The molecule has 1 aliphatic rings. The average Bonchev–Trinajstić information content (AvgIpc) is 3.16. The molecule has 7 heteroatoms. The summed E-state index contributed by atoms with van der Waals surface area (Å²) in [5.41, 5.74) is 5.97. The molecule has 4 aromatic rings. The number of imidazole rings is 1. The minimum absolute atomic E-state index is 0.188. The summed E-state index contributed by atoms with van der Waals surface area (Å²) >= 11 is 6.13. The monoisotopic (exact) mass is 457 g/mol. The Hall–Kier alpha value is -3.77. The maximum Gasteiger partial charge on any atom is 0.255 e. The number of rotatable bonds is 4. The third kappa shape index (κ3) is 3.83. The lowest BCUT2D eigenvalue weighted by atomic mass is 9.94. The Morgan fingerprint density at radius 3 is 2.55 bits per heavy atom. The summed E-state index contributed by atoms with van der Waals surface area (Å²) in [7, 11) is 4.02. The molecule has 2 N–H and O–H groups in total. The number of para-hydroxylation sites is 2. The van der Waals surface area contributed by atoms with Crippen LogP contribution in [0, 0.1) is 0 Å². The summed E-state index contributed by atoms with van der Waals surface area (Å²) in [6.07, 6.45) is 0. The van der Waals surface area contributed by atoms with E-state index in [1.54, 1.807) is 12.1 Å². The van der Waals surface area contributed by atoms with E-state index in [2.05, 4.69) is 44.4 Å². The Balaban J connectivity index is 1.65. The molecule has 0 saturated heterocycles. The van der Waals surface area contributed by atoms with Gasteiger partial charge in [-0.25, -0.2) is 4.98 Å². The van der Waals surface area contributed by atoms with Gasteiger partial charge in [0.2, 0.25) is 5.95 Å². The van der Waals surface area contributed by atoms with Crippen molar-refractivity contribution >= 4 is 45.9 Å². The van der Waals surface area contributed by atoms with Crippen LogP contribution >= 0.6 is 11.6 Å². The molecule has 0 bridgehead atoms. The van der Waals surface area contributed by atoms with Gasteiger partial charge < -0.3 is 15.5 Å². The number of halogens is 1. The molecule has 1 aliphatic heterocycles. The standard InChI is InChI=1S/C26H24ClN5O/c1-16-23(25(33)29-19-8-6-7-18(27)15-19)24(17-11-13-20(14-12-17)31(2)3)32-22-10-5-4-9-21(22)30-26(32)28-16/h4-15,24H,1-3H3,(H,28,30)(H,29,33). The van der Waals surface area contributed by atoms with Crippen molar-refractivity contribution in [2.24, 2.45) is 0 Å². The van der Waals surface area contributed by atoms with Gasteiger partial charge in [-0.1, -0.05) is 41.9 Å². The first-order valence-electron chi connectivity index (χ1n) is 10.7. The number of amides is 1. The number of carbonyl (C=O) groups is 1. The molecule has 1 atom stereocenters. The molecule has 0 spiro atoms. The lowest BCUT2D eigenvalue weighted by molar-refractivity contribution is -0.113. The first-order valence-corrected chi connectivity index (χ1v) is 11.1. The molecule has 0 fully saturated rings. The first-order chi connectivity index (χ1) is 15.9. The number of fused-ring (bicyclic) bond motifs is 3. The molecule has 2 heterocycles. The molecule has 0 saturated carbocycles. The number of aromatic nitrogens is 2. The maximum atomic E-state index is 13.6. The minimum atomic E-state index is -0.343. The van der Waals surface area contributed by atoms with Crippen LogP contribution in [0.5, 0.6) is 0 Å². The fraction of sp³-hybridized carbons (Fsp3) is 0.154. The van der Waals surface area contributed by atoms with Crippen molar-refractivity contribution in [3.05, 3.63) is 94.7 Å². The van der Waals surface area contributed by atoms with E-state index in [0.29, 0.717) is 16.3 Å². The van der Waals surface area contributed by atoms with E-state index in [-0.39, 0.29) is 11.9 Å². The highest BCUT2D eigenvalue weighted by molar-refractivity contribution is 6.31. The Labute approximate surface area is 197 Å². The van der Waals surface area contributed by atoms with E-state index < -0.39 is 0 Å². The Morgan fingerprint density at radius 2 is 1.82 bits per heavy atom. The molecule has 6 nitrogen and oxygen atoms in total. The van der Waals surface area contributed by atoms with Crippen LogP contribution in [-0.2, 0) is 4.79 Å². The van der Waals surface area contributed by atoms with E-state index in [4.69, 9.17) is 16.6 Å². The molecule has 1 aromatic heterocycles. The summed E-state index contributed by atoms with van der Waals surface area (Å²) in [6.45, 7) is 1.91. The van der Waals surface area contributed by atoms with Crippen LogP contribution in [0.3, 0.4) is 0 Å². The average molecular weight is 458 g/mol. The summed E-state index contributed by atoms with van der Waals surface area (Å²) in [5.74, 6) is 0.530. The van der Waals surface area contributed by atoms with E-state index in [9.17, 15) is 4.79 Å². The van der Waals surface area contributed by atoms with Gasteiger partial charge in [0, 0.05) is 36.2 Å². The molecular weight excluding hydrogens is 434 g/mol. The van der Waals surface area contributed by atoms with Crippen LogP contribution in [0.2, 0.25) is 5.02 Å². The normalized spacial score (nSPS) is 15.2. The molecule has 0 radical (unpaired) electrons. The van der Waals surface area contributed by atoms with Crippen molar-refractivity contribution in [3.8, 4) is 0 Å². The predicted octanol–water partition coefficient (Wildman–Crippen LogP) is 5.68.